The van der Waals surface area contributed by atoms with Crippen molar-refractivity contribution < 1.29 is 14.3 Å². The van der Waals surface area contributed by atoms with Crippen LogP contribution in [-0.4, -0.2) is 39.4 Å². The predicted octanol–water partition coefficient (Wildman–Crippen LogP) is 0.0694. The number of nitrogens with zero attached hydrogens (tertiary/aromatic N) is 1. The van der Waals surface area contributed by atoms with E-state index >= 15 is 0 Å². The molecule has 1 aliphatic rings. The number of nitriles is 1. The van der Waals surface area contributed by atoms with Gasteiger partial charge in [0.25, 0.3) is 0 Å². The molecule has 84 valence electrons. The Labute approximate surface area is 89.3 Å². The summed E-state index contributed by atoms with van der Waals surface area (Å²) in [6, 6.07) is 2.11. The summed E-state index contributed by atoms with van der Waals surface area (Å²) in [5.41, 5.74) is -0.897. The molecule has 1 heterocycles. The van der Waals surface area contributed by atoms with Crippen LogP contribution in [0.1, 0.15) is 12.8 Å². The number of carbonyl (C=O) groups is 1. The zero-order valence-electron chi connectivity index (χ0n) is 8.91. The summed E-state index contributed by atoms with van der Waals surface area (Å²) < 4.78 is 9.97. The first-order chi connectivity index (χ1) is 7.25. The first kappa shape index (κ1) is 12.0. The number of carbonyl (C=O) groups excluding carboxylic acids is 1. The van der Waals surface area contributed by atoms with E-state index in [1.54, 1.807) is 7.11 Å². The van der Waals surface area contributed by atoms with Crippen molar-refractivity contribution in [2.45, 2.75) is 12.8 Å². The maximum atomic E-state index is 11.8. The van der Waals surface area contributed by atoms with E-state index in [4.69, 9.17) is 14.7 Å². The lowest BCUT2D eigenvalue weighted by Gasteiger charge is -2.29. The third-order valence-corrected chi connectivity index (χ3v) is 2.59. The Morgan fingerprint density at radius 2 is 2.27 bits per heavy atom. The van der Waals surface area contributed by atoms with E-state index in [0.29, 0.717) is 39.2 Å². The van der Waals surface area contributed by atoms with Crippen molar-refractivity contribution in [2.24, 2.45) is 5.41 Å². The minimum atomic E-state index is -0.897. The molecule has 0 saturated carbocycles. The fourth-order valence-electron chi connectivity index (χ4n) is 1.55. The average molecular weight is 212 g/mol. The van der Waals surface area contributed by atoms with E-state index < -0.39 is 5.41 Å². The minimum Gasteiger partial charge on any atom is -0.383 e. The largest absolute Gasteiger partial charge is 0.383 e. The molecule has 1 N–H and O–H groups in total. The van der Waals surface area contributed by atoms with Gasteiger partial charge < -0.3 is 14.8 Å². The van der Waals surface area contributed by atoms with Crippen molar-refractivity contribution in [3.05, 3.63) is 0 Å². The van der Waals surface area contributed by atoms with E-state index in [9.17, 15) is 4.79 Å². The molecular weight excluding hydrogens is 196 g/mol. The number of hydrogen-bond donors (Lipinski definition) is 1. The Morgan fingerprint density at radius 3 is 2.80 bits per heavy atom. The van der Waals surface area contributed by atoms with Crippen LogP contribution < -0.4 is 5.32 Å². The summed E-state index contributed by atoms with van der Waals surface area (Å²) in [4.78, 5) is 11.8. The number of hydrogen-bond acceptors (Lipinski definition) is 4. The Kier molecular flexibility index (Phi) is 4.53. The Morgan fingerprint density at radius 1 is 1.60 bits per heavy atom. The van der Waals surface area contributed by atoms with Crippen molar-refractivity contribution >= 4 is 5.91 Å². The third kappa shape index (κ3) is 2.91. The molecular formula is C10H16N2O3. The lowest BCUT2D eigenvalue weighted by Crippen LogP contribution is -2.44. The zero-order valence-corrected chi connectivity index (χ0v) is 8.91. The lowest BCUT2D eigenvalue weighted by molar-refractivity contribution is -0.132. The Balaban J connectivity index is 2.50. The number of rotatable bonds is 4. The van der Waals surface area contributed by atoms with Gasteiger partial charge in [0.1, 0.15) is 5.41 Å². The van der Waals surface area contributed by atoms with E-state index in [0.717, 1.165) is 0 Å². The van der Waals surface area contributed by atoms with Gasteiger partial charge in [-0.1, -0.05) is 0 Å². The van der Waals surface area contributed by atoms with Crippen molar-refractivity contribution in [3.63, 3.8) is 0 Å². The first-order valence-electron chi connectivity index (χ1n) is 5.01. The summed E-state index contributed by atoms with van der Waals surface area (Å²) in [5, 5.41) is 11.8. The molecule has 0 unspecified atom stereocenters. The summed E-state index contributed by atoms with van der Waals surface area (Å²) in [6.07, 6.45) is 0.949. The summed E-state index contributed by atoms with van der Waals surface area (Å²) >= 11 is 0. The van der Waals surface area contributed by atoms with Crippen molar-refractivity contribution in [1.29, 1.82) is 5.26 Å². The molecule has 0 bridgehead atoms. The van der Waals surface area contributed by atoms with Crippen molar-refractivity contribution in [2.75, 3.05) is 33.5 Å². The number of amides is 1. The summed E-state index contributed by atoms with van der Waals surface area (Å²) in [5.74, 6) is -0.203. The molecule has 5 nitrogen and oxygen atoms in total. The van der Waals surface area contributed by atoms with Gasteiger partial charge in [-0.25, -0.2) is 0 Å². The van der Waals surface area contributed by atoms with Crippen LogP contribution in [0, 0.1) is 16.7 Å². The van der Waals surface area contributed by atoms with Crippen LogP contribution in [0.2, 0.25) is 0 Å². The standard InChI is InChI=1S/C10H16N2O3/c1-14-7-4-12-9(13)10(8-11)2-5-15-6-3-10/h2-7H2,1H3,(H,12,13). The molecule has 5 heteroatoms. The predicted molar refractivity (Wildman–Crippen MR) is 53.0 cm³/mol. The van der Waals surface area contributed by atoms with Crippen LogP contribution in [0.4, 0.5) is 0 Å². The second kappa shape index (κ2) is 5.69. The van der Waals surface area contributed by atoms with Gasteiger partial charge >= 0.3 is 0 Å². The van der Waals surface area contributed by atoms with Gasteiger partial charge in [-0.15, -0.1) is 0 Å². The summed E-state index contributed by atoms with van der Waals surface area (Å²) in [7, 11) is 1.57. The molecule has 1 saturated heterocycles. The average Bonchev–Trinajstić information content (AvgIpc) is 2.30. The van der Waals surface area contributed by atoms with Crippen LogP contribution in [0.3, 0.4) is 0 Å². The van der Waals surface area contributed by atoms with E-state index in [-0.39, 0.29) is 5.91 Å². The van der Waals surface area contributed by atoms with Crippen LogP contribution in [0.25, 0.3) is 0 Å². The normalized spacial score (nSPS) is 19.2. The number of ether oxygens (including phenoxy) is 2. The Bertz CT molecular complexity index is 254. The maximum Gasteiger partial charge on any atom is 0.240 e. The highest BCUT2D eigenvalue weighted by atomic mass is 16.5. The van der Waals surface area contributed by atoms with Crippen LogP contribution in [0.5, 0.6) is 0 Å². The third-order valence-electron chi connectivity index (χ3n) is 2.59. The quantitative estimate of drug-likeness (QED) is 0.669. The van der Waals surface area contributed by atoms with Gasteiger partial charge in [-0.05, 0) is 12.8 Å². The highest BCUT2D eigenvalue weighted by Crippen LogP contribution is 2.29. The second-order valence-electron chi connectivity index (χ2n) is 3.55. The smallest absolute Gasteiger partial charge is 0.240 e. The molecule has 1 amide bonds. The van der Waals surface area contributed by atoms with Crippen LogP contribution >= 0.6 is 0 Å². The van der Waals surface area contributed by atoms with Gasteiger partial charge in [-0.2, -0.15) is 5.26 Å². The molecule has 1 aliphatic heterocycles. The molecule has 1 rings (SSSR count). The lowest BCUT2D eigenvalue weighted by atomic mass is 9.81. The van der Waals surface area contributed by atoms with Crippen LogP contribution in [-0.2, 0) is 14.3 Å². The minimum absolute atomic E-state index is 0.203. The van der Waals surface area contributed by atoms with E-state index in [1.807, 2.05) is 0 Å². The molecule has 0 aliphatic carbocycles. The van der Waals surface area contributed by atoms with E-state index in [2.05, 4.69) is 11.4 Å². The van der Waals surface area contributed by atoms with Crippen molar-refractivity contribution in [3.8, 4) is 6.07 Å². The van der Waals surface area contributed by atoms with E-state index in [1.165, 1.54) is 0 Å². The van der Waals surface area contributed by atoms with Gasteiger partial charge in [0.05, 0.1) is 12.7 Å². The fraction of sp³-hybridized carbons (Fsp3) is 0.800. The van der Waals surface area contributed by atoms with Gasteiger partial charge in [-0.3, -0.25) is 4.79 Å². The highest BCUT2D eigenvalue weighted by molar-refractivity contribution is 5.85. The zero-order chi connectivity index (χ0) is 11.1. The van der Waals surface area contributed by atoms with Crippen molar-refractivity contribution in [1.82, 2.24) is 5.32 Å². The van der Waals surface area contributed by atoms with Crippen LogP contribution in [0.15, 0.2) is 0 Å². The fourth-order valence-corrected chi connectivity index (χ4v) is 1.55. The molecule has 0 atom stereocenters. The second-order valence-corrected chi connectivity index (χ2v) is 3.55. The molecule has 15 heavy (non-hydrogen) atoms. The monoisotopic (exact) mass is 212 g/mol. The molecule has 0 radical (unpaired) electrons. The molecule has 0 spiro atoms. The first-order valence-corrected chi connectivity index (χ1v) is 5.01. The maximum absolute atomic E-state index is 11.8. The topological polar surface area (TPSA) is 71.3 Å². The van der Waals surface area contributed by atoms with Gasteiger partial charge in [0.2, 0.25) is 5.91 Å². The van der Waals surface area contributed by atoms with Gasteiger partial charge in [0, 0.05) is 26.9 Å². The molecule has 1 fully saturated rings. The Hall–Kier alpha value is -1.12. The number of methoxy groups -OCH3 is 1. The molecule has 0 aromatic heterocycles. The molecule has 0 aromatic rings. The summed E-state index contributed by atoms with van der Waals surface area (Å²) in [6.45, 7) is 1.86. The highest BCUT2D eigenvalue weighted by Gasteiger charge is 2.40. The number of nitrogens with one attached hydrogen (secondary N) is 1. The molecule has 0 aromatic carbocycles. The van der Waals surface area contributed by atoms with Gasteiger partial charge in [0.15, 0.2) is 0 Å². The SMILES string of the molecule is COCCNC(=O)C1(C#N)CCOCC1.